The standard InChI is InChI=1S/C20H20Cl2O2/c1-11(2)23-19-13-7-5-9-15(21)17(13)20(24-12(3)4)18-14(19)8-6-10-16(18)22/h5-12H,1-4H3. The van der Waals surface area contributed by atoms with Gasteiger partial charge in [0, 0.05) is 21.5 Å². The van der Waals surface area contributed by atoms with Gasteiger partial charge in [0.1, 0.15) is 11.5 Å². The Morgan fingerprint density at radius 2 is 1.08 bits per heavy atom. The molecule has 3 rings (SSSR count). The molecule has 0 saturated carbocycles. The molecule has 0 aliphatic carbocycles. The molecule has 0 amide bonds. The average molecular weight is 363 g/mol. The maximum atomic E-state index is 6.53. The largest absolute Gasteiger partial charge is 0.490 e. The molecule has 24 heavy (non-hydrogen) atoms. The highest BCUT2D eigenvalue weighted by atomic mass is 35.5. The Balaban J connectivity index is 2.54. The second-order valence-corrected chi connectivity index (χ2v) is 7.13. The third-order valence-electron chi connectivity index (χ3n) is 3.68. The predicted molar refractivity (Wildman–Crippen MR) is 103 cm³/mol. The predicted octanol–water partition coefficient (Wildman–Crippen LogP) is 6.87. The monoisotopic (exact) mass is 362 g/mol. The molecule has 0 spiro atoms. The Bertz CT molecular complexity index is 838. The Morgan fingerprint density at radius 3 is 1.50 bits per heavy atom. The summed E-state index contributed by atoms with van der Waals surface area (Å²) in [6, 6.07) is 11.6. The van der Waals surface area contributed by atoms with Crippen molar-refractivity contribution < 1.29 is 9.47 Å². The smallest absolute Gasteiger partial charge is 0.138 e. The molecule has 4 heteroatoms. The summed E-state index contributed by atoms with van der Waals surface area (Å²) in [6.07, 6.45) is 0.0343. The Hall–Kier alpha value is -1.64. The van der Waals surface area contributed by atoms with E-state index in [9.17, 15) is 0 Å². The Kier molecular flexibility index (Phi) is 4.80. The summed E-state index contributed by atoms with van der Waals surface area (Å²) in [5.74, 6) is 1.50. The van der Waals surface area contributed by atoms with E-state index in [1.165, 1.54) is 0 Å². The van der Waals surface area contributed by atoms with E-state index in [1.807, 2.05) is 64.1 Å². The van der Waals surface area contributed by atoms with Gasteiger partial charge in [0.15, 0.2) is 0 Å². The normalized spacial score (nSPS) is 11.7. The number of ether oxygens (including phenoxy) is 2. The summed E-state index contributed by atoms with van der Waals surface area (Å²) < 4.78 is 12.3. The van der Waals surface area contributed by atoms with Gasteiger partial charge in [-0.2, -0.15) is 0 Å². The second-order valence-electron chi connectivity index (χ2n) is 6.32. The highest BCUT2D eigenvalue weighted by molar-refractivity contribution is 6.40. The van der Waals surface area contributed by atoms with Crippen molar-refractivity contribution in [2.45, 2.75) is 39.9 Å². The molecule has 0 aliphatic heterocycles. The summed E-state index contributed by atoms with van der Waals surface area (Å²) in [7, 11) is 0. The van der Waals surface area contributed by atoms with Crippen LogP contribution in [0, 0.1) is 0 Å². The molecule has 3 aromatic carbocycles. The summed E-state index contributed by atoms with van der Waals surface area (Å²) in [4.78, 5) is 0. The molecule has 0 fully saturated rings. The minimum Gasteiger partial charge on any atom is -0.490 e. The fraction of sp³-hybridized carbons (Fsp3) is 0.300. The Labute approximate surface area is 152 Å². The van der Waals surface area contributed by atoms with Gasteiger partial charge in [0.05, 0.1) is 22.3 Å². The van der Waals surface area contributed by atoms with Crippen LogP contribution in [0.4, 0.5) is 0 Å². The van der Waals surface area contributed by atoms with Crippen LogP contribution in [0.3, 0.4) is 0 Å². The van der Waals surface area contributed by atoms with E-state index < -0.39 is 0 Å². The summed E-state index contributed by atoms with van der Waals surface area (Å²) in [6.45, 7) is 7.99. The van der Waals surface area contributed by atoms with Gasteiger partial charge >= 0.3 is 0 Å². The zero-order valence-corrected chi connectivity index (χ0v) is 15.7. The van der Waals surface area contributed by atoms with Crippen LogP contribution in [0.5, 0.6) is 11.5 Å². The van der Waals surface area contributed by atoms with Crippen molar-refractivity contribution in [3.8, 4) is 11.5 Å². The first-order valence-corrected chi connectivity index (χ1v) is 8.81. The van der Waals surface area contributed by atoms with Crippen molar-refractivity contribution in [1.29, 1.82) is 0 Å². The molecule has 0 bridgehead atoms. The van der Waals surface area contributed by atoms with Crippen molar-refractivity contribution in [2.24, 2.45) is 0 Å². The van der Waals surface area contributed by atoms with Gasteiger partial charge < -0.3 is 9.47 Å². The lowest BCUT2D eigenvalue weighted by Crippen LogP contribution is -2.09. The molecule has 2 nitrogen and oxygen atoms in total. The van der Waals surface area contributed by atoms with E-state index in [0.717, 1.165) is 27.3 Å². The van der Waals surface area contributed by atoms with Gasteiger partial charge in [-0.3, -0.25) is 0 Å². The van der Waals surface area contributed by atoms with E-state index >= 15 is 0 Å². The first kappa shape index (κ1) is 17.2. The van der Waals surface area contributed by atoms with E-state index in [-0.39, 0.29) is 12.2 Å². The van der Waals surface area contributed by atoms with E-state index in [2.05, 4.69) is 0 Å². The van der Waals surface area contributed by atoms with Crippen molar-refractivity contribution in [1.82, 2.24) is 0 Å². The highest BCUT2D eigenvalue weighted by Crippen LogP contribution is 2.48. The number of hydrogen-bond donors (Lipinski definition) is 0. The molecule has 0 atom stereocenters. The lowest BCUT2D eigenvalue weighted by molar-refractivity contribution is 0.244. The van der Waals surface area contributed by atoms with Crippen molar-refractivity contribution in [2.75, 3.05) is 0 Å². The van der Waals surface area contributed by atoms with Crippen LogP contribution < -0.4 is 9.47 Å². The van der Waals surface area contributed by atoms with Gasteiger partial charge in [-0.1, -0.05) is 47.5 Å². The Morgan fingerprint density at radius 1 is 0.667 bits per heavy atom. The van der Waals surface area contributed by atoms with Crippen LogP contribution in [0.2, 0.25) is 10.0 Å². The van der Waals surface area contributed by atoms with Crippen LogP contribution in [-0.2, 0) is 0 Å². The van der Waals surface area contributed by atoms with E-state index in [0.29, 0.717) is 15.8 Å². The second kappa shape index (κ2) is 6.70. The SMILES string of the molecule is CC(C)Oc1c2cccc(Cl)c2c(OC(C)C)c2c(Cl)cccc12. The average Bonchev–Trinajstić information content (AvgIpc) is 2.49. The minimum atomic E-state index is 0.000752. The molecule has 0 heterocycles. The fourth-order valence-corrected chi connectivity index (χ4v) is 3.40. The molecule has 0 aliphatic rings. The van der Waals surface area contributed by atoms with Crippen LogP contribution >= 0.6 is 23.2 Å². The maximum Gasteiger partial charge on any atom is 0.138 e. The fourth-order valence-electron chi connectivity index (χ4n) is 2.87. The summed E-state index contributed by atoms with van der Waals surface area (Å²) in [5.41, 5.74) is 0. The quantitative estimate of drug-likeness (QED) is 0.471. The van der Waals surface area contributed by atoms with E-state index in [4.69, 9.17) is 32.7 Å². The third kappa shape index (κ3) is 3.01. The molecule has 0 radical (unpaired) electrons. The molecule has 0 saturated heterocycles. The zero-order valence-electron chi connectivity index (χ0n) is 14.2. The topological polar surface area (TPSA) is 18.5 Å². The number of benzene rings is 3. The van der Waals surface area contributed by atoms with Crippen LogP contribution in [0.1, 0.15) is 27.7 Å². The van der Waals surface area contributed by atoms with Gasteiger partial charge in [0.2, 0.25) is 0 Å². The lowest BCUT2D eigenvalue weighted by Gasteiger charge is -2.21. The first-order chi connectivity index (χ1) is 11.4. The van der Waals surface area contributed by atoms with E-state index in [1.54, 1.807) is 0 Å². The van der Waals surface area contributed by atoms with Crippen LogP contribution in [0.25, 0.3) is 21.5 Å². The van der Waals surface area contributed by atoms with Gasteiger partial charge in [-0.25, -0.2) is 0 Å². The summed E-state index contributed by atoms with van der Waals surface area (Å²) >= 11 is 13.1. The third-order valence-corrected chi connectivity index (χ3v) is 4.31. The van der Waals surface area contributed by atoms with Crippen molar-refractivity contribution in [3.63, 3.8) is 0 Å². The lowest BCUT2D eigenvalue weighted by atomic mass is 10.00. The number of hydrogen-bond acceptors (Lipinski definition) is 2. The van der Waals surface area contributed by atoms with Gasteiger partial charge in [-0.15, -0.1) is 0 Å². The molecular formula is C20H20Cl2O2. The molecule has 0 unspecified atom stereocenters. The first-order valence-electron chi connectivity index (χ1n) is 8.06. The number of fused-ring (bicyclic) bond motifs is 2. The van der Waals surface area contributed by atoms with Gasteiger partial charge in [-0.05, 0) is 39.8 Å². The molecule has 0 N–H and O–H groups in total. The molecule has 126 valence electrons. The summed E-state index contributed by atoms with van der Waals surface area (Å²) in [5, 5.41) is 4.79. The van der Waals surface area contributed by atoms with Crippen LogP contribution in [-0.4, -0.2) is 12.2 Å². The highest BCUT2D eigenvalue weighted by Gasteiger charge is 2.21. The number of halogens is 2. The van der Waals surface area contributed by atoms with Crippen molar-refractivity contribution >= 4 is 44.7 Å². The molecular weight excluding hydrogens is 343 g/mol. The van der Waals surface area contributed by atoms with Crippen molar-refractivity contribution in [3.05, 3.63) is 46.4 Å². The van der Waals surface area contributed by atoms with Gasteiger partial charge in [0.25, 0.3) is 0 Å². The number of rotatable bonds is 4. The van der Waals surface area contributed by atoms with Crippen LogP contribution in [0.15, 0.2) is 36.4 Å². The maximum absolute atomic E-state index is 6.53. The molecule has 3 aromatic rings. The molecule has 0 aromatic heterocycles. The zero-order chi connectivity index (χ0) is 17.4. The minimum absolute atomic E-state index is 0.000752.